The summed E-state index contributed by atoms with van der Waals surface area (Å²) in [5.41, 5.74) is 1.15. The van der Waals surface area contributed by atoms with Crippen molar-refractivity contribution in [1.82, 2.24) is 0 Å². The van der Waals surface area contributed by atoms with Gasteiger partial charge in [0.2, 0.25) is 0 Å². The number of hydrogen-bond acceptors (Lipinski definition) is 2. The fourth-order valence-electron chi connectivity index (χ4n) is 1.80. The molecule has 1 aromatic rings. The molecule has 0 aliphatic heterocycles. The van der Waals surface area contributed by atoms with Crippen molar-refractivity contribution in [3.63, 3.8) is 0 Å². The zero-order valence-corrected chi connectivity index (χ0v) is 10.7. The molecule has 1 aliphatic rings. The van der Waals surface area contributed by atoms with Crippen LogP contribution in [0.1, 0.15) is 23.2 Å². The maximum Gasteiger partial charge on any atom is 0.337 e. The van der Waals surface area contributed by atoms with Gasteiger partial charge in [-0.05, 0) is 37.0 Å². The first-order chi connectivity index (χ1) is 7.58. The highest BCUT2D eigenvalue weighted by Gasteiger charge is 2.24. The first-order valence-corrected chi connectivity index (χ1v) is 6.11. The average Bonchev–Trinajstić information content (AvgIpc) is 3.01. The van der Waals surface area contributed by atoms with Crippen LogP contribution < -0.4 is 4.90 Å². The average molecular weight is 284 g/mol. The molecular weight excluding hydrogens is 270 g/mol. The normalized spacial score (nSPS) is 14.9. The van der Waals surface area contributed by atoms with E-state index in [1.807, 2.05) is 24.1 Å². The smallest absolute Gasteiger partial charge is 0.337 e. The number of carboxylic acids is 1. The van der Waals surface area contributed by atoms with Gasteiger partial charge in [-0.3, -0.25) is 0 Å². The summed E-state index contributed by atoms with van der Waals surface area (Å²) in [6, 6.07) is 5.39. The van der Waals surface area contributed by atoms with Crippen molar-refractivity contribution in [2.45, 2.75) is 12.8 Å². The SMILES string of the molecule is CN(CC1CC1)c1ccc(Br)cc1C(=O)O. The number of hydrogen-bond donors (Lipinski definition) is 1. The molecule has 1 N–H and O–H groups in total. The predicted octanol–water partition coefficient (Wildman–Crippen LogP) is 2.99. The summed E-state index contributed by atoms with van der Waals surface area (Å²) in [7, 11) is 1.95. The third kappa shape index (κ3) is 2.55. The van der Waals surface area contributed by atoms with Crippen molar-refractivity contribution in [2.24, 2.45) is 5.92 Å². The molecule has 0 atom stereocenters. The number of benzene rings is 1. The van der Waals surface area contributed by atoms with Crippen LogP contribution in [0.4, 0.5) is 5.69 Å². The second kappa shape index (κ2) is 4.45. The molecule has 1 aromatic carbocycles. The van der Waals surface area contributed by atoms with Crippen molar-refractivity contribution in [3.05, 3.63) is 28.2 Å². The van der Waals surface area contributed by atoms with Crippen LogP contribution in [0, 0.1) is 5.92 Å². The molecule has 0 heterocycles. The van der Waals surface area contributed by atoms with Crippen molar-refractivity contribution in [3.8, 4) is 0 Å². The van der Waals surface area contributed by atoms with Crippen molar-refractivity contribution < 1.29 is 9.90 Å². The zero-order chi connectivity index (χ0) is 11.7. The van der Waals surface area contributed by atoms with E-state index >= 15 is 0 Å². The maximum absolute atomic E-state index is 11.1. The zero-order valence-electron chi connectivity index (χ0n) is 9.11. The third-order valence-electron chi connectivity index (χ3n) is 2.83. The van der Waals surface area contributed by atoms with Gasteiger partial charge < -0.3 is 10.0 Å². The molecule has 1 fully saturated rings. The lowest BCUT2D eigenvalue weighted by Gasteiger charge is -2.21. The summed E-state index contributed by atoms with van der Waals surface area (Å²) in [5, 5.41) is 9.14. The Kier molecular flexibility index (Phi) is 3.19. The lowest BCUT2D eigenvalue weighted by molar-refractivity contribution is 0.0697. The first-order valence-electron chi connectivity index (χ1n) is 5.32. The van der Waals surface area contributed by atoms with E-state index in [2.05, 4.69) is 15.9 Å². The minimum atomic E-state index is -0.876. The van der Waals surface area contributed by atoms with Crippen LogP contribution in [-0.4, -0.2) is 24.7 Å². The van der Waals surface area contributed by atoms with Gasteiger partial charge in [0.05, 0.1) is 11.3 Å². The fraction of sp³-hybridized carbons (Fsp3) is 0.417. The first kappa shape index (κ1) is 11.5. The van der Waals surface area contributed by atoms with E-state index in [4.69, 9.17) is 5.11 Å². The lowest BCUT2D eigenvalue weighted by atomic mass is 10.1. The van der Waals surface area contributed by atoms with E-state index in [0.717, 1.165) is 22.6 Å². The highest BCUT2D eigenvalue weighted by atomic mass is 79.9. The van der Waals surface area contributed by atoms with Gasteiger partial charge in [-0.15, -0.1) is 0 Å². The van der Waals surface area contributed by atoms with Crippen LogP contribution in [-0.2, 0) is 0 Å². The second-order valence-corrected chi connectivity index (χ2v) is 5.21. The summed E-state index contributed by atoms with van der Waals surface area (Å²) in [5.74, 6) is -0.130. The number of carbonyl (C=O) groups is 1. The second-order valence-electron chi connectivity index (χ2n) is 4.29. The van der Waals surface area contributed by atoms with Crippen LogP contribution in [0.25, 0.3) is 0 Å². The topological polar surface area (TPSA) is 40.5 Å². The van der Waals surface area contributed by atoms with E-state index in [1.54, 1.807) is 6.07 Å². The standard InChI is InChI=1S/C12H14BrNO2/c1-14(7-8-2-3-8)11-5-4-9(13)6-10(11)12(15)16/h4-6,8H,2-3,7H2,1H3,(H,15,16). The highest BCUT2D eigenvalue weighted by Crippen LogP contribution is 2.32. The molecule has 1 aliphatic carbocycles. The highest BCUT2D eigenvalue weighted by molar-refractivity contribution is 9.10. The summed E-state index contributed by atoms with van der Waals surface area (Å²) >= 11 is 3.30. The number of rotatable bonds is 4. The Morgan fingerprint density at radius 1 is 1.56 bits per heavy atom. The van der Waals surface area contributed by atoms with Crippen molar-refractivity contribution in [1.29, 1.82) is 0 Å². The van der Waals surface area contributed by atoms with Gasteiger partial charge in [0.25, 0.3) is 0 Å². The van der Waals surface area contributed by atoms with Crippen LogP contribution in [0.3, 0.4) is 0 Å². The van der Waals surface area contributed by atoms with Gasteiger partial charge in [0.15, 0.2) is 0 Å². The number of nitrogens with zero attached hydrogens (tertiary/aromatic N) is 1. The molecule has 16 heavy (non-hydrogen) atoms. The Balaban J connectivity index is 2.26. The minimum absolute atomic E-state index is 0.359. The summed E-state index contributed by atoms with van der Waals surface area (Å²) < 4.78 is 0.800. The van der Waals surface area contributed by atoms with Crippen molar-refractivity contribution in [2.75, 3.05) is 18.5 Å². The molecular formula is C12H14BrNO2. The molecule has 0 aromatic heterocycles. The monoisotopic (exact) mass is 283 g/mol. The summed E-state index contributed by atoms with van der Waals surface area (Å²) in [6.45, 7) is 0.946. The predicted molar refractivity (Wildman–Crippen MR) is 67.1 cm³/mol. The molecule has 4 heteroatoms. The number of anilines is 1. The fourth-order valence-corrected chi connectivity index (χ4v) is 2.16. The number of halogens is 1. The van der Waals surface area contributed by atoms with Crippen molar-refractivity contribution >= 4 is 27.6 Å². The Hall–Kier alpha value is -1.03. The van der Waals surface area contributed by atoms with Gasteiger partial charge in [-0.25, -0.2) is 4.79 Å². The Morgan fingerprint density at radius 3 is 2.81 bits per heavy atom. The van der Waals surface area contributed by atoms with Crippen LogP contribution in [0.15, 0.2) is 22.7 Å². The maximum atomic E-state index is 11.1. The number of aromatic carboxylic acids is 1. The summed E-state index contributed by atoms with van der Waals surface area (Å²) in [4.78, 5) is 13.2. The van der Waals surface area contributed by atoms with Gasteiger partial charge in [0.1, 0.15) is 0 Å². The summed E-state index contributed by atoms with van der Waals surface area (Å²) in [6.07, 6.45) is 2.53. The van der Waals surface area contributed by atoms with E-state index < -0.39 is 5.97 Å². The molecule has 0 bridgehead atoms. The van der Waals surface area contributed by atoms with Crippen LogP contribution >= 0.6 is 15.9 Å². The Labute approximate surface area is 103 Å². The molecule has 3 nitrogen and oxygen atoms in total. The molecule has 86 valence electrons. The Bertz CT molecular complexity index is 415. The largest absolute Gasteiger partial charge is 0.478 e. The Morgan fingerprint density at radius 2 is 2.25 bits per heavy atom. The molecule has 0 saturated heterocycles. The van der Waals surface area contributed by atoms with Crippen LogP contribution in [0.5, 0.6) is 0 Å². The van der Waals surface area contributed by atoms with Gasteiger partial charge >= 0.3 is 5.97 Å². The molecule has 0 radical (unpaired) electrons. The van der Waals surface area contributed by atoms with E-state index in [-0.39, 0.29) is 0 Å². The quantitative estimate of drug-likeness (QED) is 0.924. The lowest BCUT2D eigenvalue weighted by Crippen LogP contribution is -2.22. The van der Waals surface area contributed by atoms with Crippen LogP contribution in [0.2, 0.25) is 0 Å². The van der Waals surface area contributed by atoms with Gasteiger partial charge in [-0.2, -0.15) is 0 Å². The molecule has 0 spiro atoms. The molecule has 0 amide bonds. The third-order valence-corrected chi connectivity index (χ3v) is 3.32. The molecule has 2 rings (SSSR count). The van der Waals surface area contributed by atoms with E-state index in [9.17, 15) is 4.79 Å². The van der Waals surface area contributed by atoms with Gasteiger partial charge in [0, 0.05) is 18.1 Å². The molecule has 1 saturated carbocycles. The van der Waals surface area contributed by atoms with Gasteiger partial charge in [-0.1, -0.05) is 15.9 Å². The number of carboxylic acid groups (broad SMARTS) is 1. The molecule has 0 unspecified atom stereocenters. The van der Waals surface area contributed by atoms with E-state index in [0.29, 0.717) is 5.56 Å². The minimum Gasteiger partial charge on any atom is -0.478 e. The van der Waals surface area contributed by atoms with E-state index in [1.165, 1.54) is 12.8 Å².